The summed E-state index contributed by atoms with van der Waals surface area (Å²) in [6.45, 7) is 0.274. The second-order valence-electron chi connectivity index (χ2n) is 9.60. The number of carbonyl (C=O) groups excluding carboxylic acids is 4. The van der Waals surface area contributed by atoms with Crippen LogP contribution in [0.2, 0.25) is 0 Å². The largest absolute Gasteiger partial charge is 0.508 e. The Balaban J connectivity index is 1.99. The van der Waals surface area contributed by atoms with Gasteiger partial charge in [-0.15, -0.1) is 0 Å². The molecule has 3 atom stereocenters. The van der Waals surface area contributed by atoms with Gasteiger partial charge < -0.3 is 48.7 Å². The summed E-state index contributed by atoms with van der Waals surface area (Å²) in [7, 11) is 0. The highest BCUT2D eigenvalue weighted by Gasteiger charge is 2.29. The molecule has 0 saturated carbocycles. The van der Waals surface area contributed by atoms with E-state index in [9.17, 15) is 29.4 Å². The van der Waals surface area contributed by atoms with E-state index in [1.165, 1.54) is 12.1 Å². The lowest BCUT2D eigenvalue weighted by molar-refractivity contribution is -0.132. The summed E-state index contributed by atoms with van der Waals surface area (Å²) in [5.74, 6) is -2.29. The average molecular weight is 556 g/mol. The SMILES string of the molecule is NCCC[C@@H]1NC(=O)[C@@H](N)Cc2cc(ccc2O)-c2ccc(O)c(c2)C[C@@H](C(=O)NCCNC(=O)CN)NC1=O. The van der Waals surface area contributed by atoms with E-state index < -0.39 is 35.8 Å². The van der Waals surface area contributed by atoms with Crippen molar-refractivity contribution in [3.05, 3.63) is 47.5 Å². The number of fused-ring (bicyclic) bond motifs is 5. The van der Waals surface area contributed by atoms with E-state index in [1.807, 2.05) is 0 Å². The quantitative estimate of drug-likeness (QED) is 0.165. The number of rotatable bonds is 8. The van der Waals surface area contributed by atoms with Crippen molar-refractivity contribution >= 4 is 23.6 Å². The molecule has 13 nitrogen and oxygen atoms in total. The van der Waals surface area contributed by atoms with Crippen molar-refractivity contribution in [3.63, 3.8) is 0 Å². The van der Waals surface area contributed by atoms with Crippen LogP contribution >= 0.6 is 0 Å². The third kappa shape index (κ3) is 8.15. The lowest BCUT2D eigenvalue weighted by Crippen LogP contribution is -2.56. The number of nitrogens with one attached hydrogen (secondary N) is 4. The molecule has 0 saturated heterocycles. The normalized spacial score (nSPS) is 19.4. The van der Waals surface area contributed by atoms with Crippen LogP contribution in [0.4, 0.5) is 0 Å². The molecule has 4 bridgehead atoms. The van der Waals surface area contributed by atoms with Gasteiger partial charge in [0.25, 0.3) is 0 Å². The van der Waals surface area contributed by atoms with Gasteiger partial charge in [0.15, 0.2) is 0 Å². The number of amides is 4. The third-order valence-corrected chi connectivity index (χ3v) is 6.59. The Labute approximate surface area is 231 Å². The summed E-state index contributed by atoms with van der Waals surface area (Å²) >= 11 is 0. The van der Waals surface area contributed by atoms with E-state index in [1.54, 1.807) is 24.3 Å². The van der Waals surface area contributed by atoms with E-state index in [-0.39, 0.29) is 62.8 Å². The van der Waals surface area contributed by atoms with Crippen LogP contribution in [0.25, 0.3) is 11.1 Å². The predicted molar refractivity (Wildman–Crippen MR) is 148 cm³/mol. The van der Waals surface area contributed by atoms with Crippen LogP contribution in [-0.2, 0) is 32.0 Å². The van der Waals surface area contributed by atoms with Gasteiger partial charge in [-0.3, -0.25) is 19.2 Å². The Morgan fingerprint density at radius 2 is 1.48 bits per heavy atom. The first-order valence-corrected chi connectivity index (χ1v) is 13.1. The highest BCUT2D eigenvalue weighted by atomic mass is 16.3. The van der Waals surface area contributed by atoms with E-state index >= 15 is 0 Å². The Morgan fingerprint density at radius 3 is 2.08 bits per heavy atom. The summed E-state index contributed by atoms with van der Waals surface area (Å²) in [5, 5.41) is 31.6. The molecule has 0 radical (unpaired) electrons. The fourth-order valence-electron chi connectivity index (χ4n) is 4.34. The van der Waals surface area contributed by atoms with Gasteiger partial charge in [-0.25, -0.2) is 0 Å². The minimum Gasteiger partial charge on any atom is -0.508 e. The Hall–Kier alpha value is -4.20. The molecule has 40 heavy (non-hydrogen) atoms. The maximum absolute atomic E-state index is 13.3. The van der Waals surface area contributed by atoms with Crippen LogP contribution in [0, 0.1) is 0 Å². The molecule has 1 aliphatic heterocycles. The summed E-state index contributed by atoms with van der Waals surface area (Å²) in [5.41, 5.74) is 19.2. The number of nitrogens with two attached hydrogens (primary N) is 3. The Bertz CT molecular complexity index is 1240. The lowest BCUT2D eigenvalue weighted by atomic mass is 9.95. The molecule has 0 unspecified atom stereocenters. The summed E-state index contributed by atoms with van der Waals surface area (Å²) in [6.07, 6.45) is 0.542. The molecule has 216 valence electrons. The predicted octanol–water partition coefficient (Wildman–Crippen LogP) is -1.91. The van der Waals surface area contributed by atoms with Gasteiger partial charge in [0.2, 0.25) is 23.6 Å². The first kappa shape index (κ1) is 30.3. The van der Waals surface area contributed by atoms with E-state index in [0.29, 0.717) is 28.7 Å². The molecular weight excluding hydrogens is 518 g/mol. The summed E-state index contributed by atoms with van der Waals surface area (Å²) in [6, 6.07) is 6.49. The molecule has 0 fully saturated rings. The van der Waals surface area contributed by atoms with Crippen molar-refractivity contribution in [2.45, 2.75) is 43.8 Å². The second-order valence-corrected chi connectivity index (χ2v) is 9.60. The molecule has 12 N–H and O–H groups in total. The molecular formula is C27H37N7O6. The Kier molecular flexibility index (Phi) is 10.8. The van der Waals surface area contributed by atoms with Crippen molar-refractivity contribution in [2.24, 2.45) is 17.2 Å². The van der Waals surface area contributed by atoms with E-state index in [0.717, 1.165) is 0 Å². The molecule has 1 aliphatic rings. The van der Waals surface area contributed by atoms with Gasteiger partial charge in [-0.2, -0.15) is 0 Å². The van der Waals surface area contributed by atoms with E-state index in [4.69, 9.17) is 17.2 Å². The van der Waals surface area contributed by atoms with Gasteiger partial charge in [0.05, 0.1) is 12.6 Å². The topological polar surface area (TPSA) is 235 Å². The van der Waals surface area contributed by atoms with Crippen LogP contribution < -0.4 is 38.5 Å². The monoisotopic (exact) mass is 555 g/mol. The van der Waals surface area contributed by atoms with Crippen molar-refractivity contribution in [1.82, 2.24) is 21.3 Å². The second kappa shape index (κ2) is 14.3. The van der Waals surface area contributed by atoms with Gasteiger partial charge in [0, 0.05) is 25.9 Å². The summed E-state index contributed by atoms with van der Waals surface area (Å²) < 4.78 is 0. The number of phenolic OH excluding ortho intramolecular Hbond substituents is 2. The zero-order chi connectivity index (χ0) is 29.2. The van der Waals surface area contributed by atoms with Gasteiger partial charge in [-0.05, 0) is 65.9 Å². The van der Waals surface area contributed by atoms with Crippen LogP contribution in [0.15, 0.2) is 36.4 Å². The van der Waals surface area contributed by atoms with Crippen LogP contribution in [0.1, 0.15) is 24.0 Å². The molecule has 0 spiro atoms. The standard InChI is InChI=1S/C27H37N7O6/c28-7-1-2-20-27(40)34-21(26(39)32-9-8-31-24(37)14-29)13-18-11-16(4-6-23(18)36)15-3-5-22(35)17(10-15)12-19(30)25(38)33-20/h3-6,10-11,19-21,35-36H,1-2,7-9,12-14,28-30H2,(H,31,37)(H,32,39)(H,33,38)(H,34,40)/t19-,20-,21-/m0/s1. The number of benzene rings is 2. The van der Waals surface area contributed by atoms with Gasteiger partial charge >= 0.3 is 0 Å². The van der Waals surface area contributed by atoms with Crippen molar-refractivity contribution in [2.75, 3.05) is 26.2 Å². The molecule has 1 heterocycles. The minimum absolute atomic E-state index is 0.00734. The van der Waals surface area contributed by atoms with Crippen molar-refractivity contribution in [1.29, 1.82) is 0 Å². The molecule has 0 aliphatic carbocycles. The van der Waals surface area contributed by atoms with Crippen LogP contribution in [-0.4, -0.2) is 78.1 Å². The summed E-state index contributed by atoms with van der Waals surface area (Å²) in [4.78, 5) is 50.9. The zero-order valence-electron chi connectivity index (χ0n) is 22.1. The smallest absolute Gasteiger partial charge is 0.243 e. The number of phenols is 2. The Morgan fingerprint density at radius 1 is 0.875 bits per heavy atom. The lowest BCUT2D eigenvalue weighted by Gasteiger charge is -2.24. The number of aromatic hydroxyl groups is 2. The molecule has 2 aromatic carbocycles. The van der Waals surface area contributed by atoms with Gasteiger partial charge in [-0.1, -0.05) is 12.1 Å². The average Bonchev–Trinajstić information content (AvgIpc) is 2.94. The van der Waals surface area contributed by atoms with Gasteiger partial charge in [0.1, 0.15) is 23.6 Å². The van der Waals surface area contributed by atoms with Crippen LogP contribution in [0.3, 0.4) is 0 Å². The third-order valence-electron chi connectivity index (χ3n) is 6.59. The fraction of sp³-hybridized carbons (Fsp3) is 0.407. The number of hydrogen-bond donors (Lipinski definition) is 9. The number of hydrogen-bond acceptors (Lipinski definition) is 9. The molecule has 0 aromatic heterocycles. The minimum atomic E-state index is -1.13. The highest BCUT2D eigenvalue weighted by Crippen LogP contribution is 2.30. The van der Waals surface area contributed by atoms with Crippen molar-refractivity contribution in [3.8, 4) is 22.6 Å². The maximum Gasteiger partial charge on any atom is 0.243 e. The number of carbonyl (C=O) groups is 4. The van der Waals surface area contributed by atoms with Crippen LogP contribution in [0.5, 0.6) is 11.5 Å². The highest BCUT2D eigenvalue weighted by molar-refractivity contribution is 5.93. The molecule has 4 amide bonds. The fourth-order valence-corrected chi connectivity index (χ4v) is 4.34. The zero-order valence-corrected chi connectivity index (χ0v) is 22.1. The molecule has 2 aromatic rings. The van der Waals surface area contributed by atoms with Crippen molar-refractivity contribution < 1.29 is 29.4 Å². The molecule has 3 rings (SSSR count). The van der Waals surface area contributed by atoms with E-state index in [2.05, 4.69) is 21.3 Å². The maximum atomic E-state index is 13.3. The first-order valence-electron chi connectivity index (χ1n) is 13.1. The molecule has 13 heteroatoms. The first-order chi connectivity index (χ1) is 19.1.